The van der Waals surface area contributed by atoms with Gasteiger partial charge in [-0.25, -0.2) is 0 Å². The predicted molar refractivity (Wildman–Crippen MR) is 99.0 cm³/mol. The molecule has 0 spiro atoms. The summed E-state index contributed by atoms with van der Waals surface area (Å²) in [6.45, 7) is 6.96. The second-order valence-corrected chi connectivity index (χ2v) is 8.00. The van der Waals surface area contributed by atoms with Crippen LogP contribution in [-0.4, -0.2) is 59.5 Å². The Morgan fingerprint density at radius 3 is 2.72 bits per heavy atom. The van der Waals surface area contributed by atoms with Crippen molar-refractivity contribution < 1.29 is 14.7 Å². The summed E-state index contributed by atoms with van der Waals surface area (Å²) in [5.74, 6) is 0.309. The molecule has 1 atom stereocenters. The topological polar surface area (TPSA) is 60.9 Å². The molecule has 0 unspecified atom stereocenters. The lowest BCUT2D eigenvalue weighted by Crippen LogP contribution is -2.48. The molecule has 5 heteroatoms. The van der Waals surface area contributed by atoms with Crippen LogP contribution in [0.25, 0.3) is 0 Å². The minimum absolute atomic E-state index is 0.116. The van der Waals surface area contributed by atoms with Gasteiger partial charge in [-0.05, 0) is 46.0 Å². The second-order valence-electron chi connectivity index (χ2n) is 8.00. The fourth-order valence-corrected chi connectivity index (χ4v) is 3.87. The number of aliphatic hydroxyl groups is 1. The van der Waals surface area contributed by atoms with E-state index in [9.17, 15) is 14.7 Å². The highest BCUT2D eigenvalue weighted by Crippen LogP contribution is 2.34. The second kappa shape index (κ2) is 9.37. The maximum Gasteiger partial charge on any atom is 0.224 e. The molecule has 2 aliphatic rings. The largest absolute Gasteiger partial charge is 0.396 e. The average molecular weight is 351 g/mol. The van der Waals surface area contributed by atoms with Gasteiger partial charge in [0.05, 0.1) is 6.61 Å². The van der Waals surface area contributed by atoms with Crippen molar-refractivity contribution >= 4 is 11.8 Å². The molecule has 2 amide bonds. The molecule has 2 fully saturated rings. The minimum atomic E-state index is -0.205. The molecule has 25 heavy (non-hydrogen) atoms. The number of rotatable bonds is 6. The zero-order valence-corrected chi connectivity index (χ0v) is 15.9. The highest BCUT2D eigenvalue weighted by molar-refractivity contribution is 5.79. The van der Waals surface area contributed by atoms with E-state index >= 15 is 0 Å². The first-order valence-electron chi connectivity index (χ1n) is 9.75. The lowest BCUT2D eigenvalue weighted by Gasteiger charge is -2.41. The zero-order chi connectivity index (χ0) is 18.3. The number of nitrogens with zero attached hydrogens (tertiary/aromatic N) is 2. The van der Waals surface area contributed by atoms with Crippen LogP contribution < -0.4 is 0 Å². The summed E-state index contributed by atoms with van der Waals surface area (Å²) in [7, 11) is 0. The van der Waals surface area contributed by atoms with Crippen molar-refractivity contribution in [2.24, 2.45) is 5.41 Å². The molecule has 1 N–H and O–H groups in total. The third-order valence-corrected chi connectivity index (χ3v) is 5.56. The van der Waals surface area contributed by atoms with Crippen molar-refractivity contribution in [2.45, 2.75) is 65.2 Å². The molecule has 5 nitrogen and oxygen atoms in total. The van der Waals surface area contributed by atoms with E-state index in [2.05, 4.69) is 19.9 Å². The normalized spacial score (nSPS) is 24.8. The summed E-state index contributed by atoms with van der Waals surface area (Å²) in [4.78, 5) is 28.5. The molecule has 0 aliphatic carbocycles. The number of piperidine rings is 1. The molecular weight excluding hydrogens is 316 g/mol. The smallest absolute Gasteiger partial charge is 0.224 e. The van der Waals surface area contributed by atoms with Crippen molar-refractivity contribution in [3.63, 3.8) is 0 Å². The maximum absolute atomic E-state index is 12.7. The van der Waals surface area contributed by atoms with E-state index in [0.29, 0.717) is 25.9 Å². The average Bonchev–Trinajstić information content (AvgIpc) is 2.82. The number of hydrogen-bond acceptors (Lipinski definition) is 3. The zero-order valence-electron chi connectivity index (χ0n) is 15.9. The van der Waals surface area contributed by atoms with E-state index in [1.54, 1.807) is 0 Å². The Morgan fingerprint density at radius 2 is 2.00 bits per heavy atom. The van der Waals surface area contributed by atoms with Gasteiger partial charge < -0.3 is 14.9 Å². The predicted octanol–water partition coefficient (Wildman–Crippen LogP) is 2.74. The summed E-state index contributed by atoms with van der Waals surface area (Å²) in [5, 5.41) is 9.93. The molecule has 0 saturated carbocycles. The molecule has 0 bridgehead atoms. The van der Waals surface area contributed by atoms with Crippen LogP contribution in [0, 0.1) is 5.41 Å². The van der Waals surface area contributed by atoms with E-state index in [4.69, 9.17) is 0 Å². The standard InChI is InChI=1S/C20H34N2O3/c1-17(2)8-11-20(16-23)10-6-13-22(15-20)19(25)9-14-21-12-5-3-4-7-18(21)24/h8,23H,3-7,9-16H2,1-2H3/t20-/m0/s1. The Labute approximate surface area is 152 Å². The summed E-state index contributed by atoms with van der Waals surface area (Å²) in [6, 6.07) is 0. The minimum Gasteiger partial charge on any atom is -0.396 e. The molecule has 0 aromatic rings. The van der Waals surface area contributed by atoms with Gasteiger partial charge >= 0.3 is 0 Å². The van der Waals surface area contributed by atoms with Crippen LogP contribution in [0.2, 0.25) is 0 Å². The first-order valence-corrected chi connectivity index (χ1v) is 9.75. The monoisotopic (exact) mass is 350 g/mol. The van der Waals surface area contributed by atoms with E-state index in [-0.39, 0.29) is 23.8 Å². The van der Waals surface area contributed by atoms with E-state index in [1.165, 1.54) is 5.57 Å². The number of likely N-dealkylation sites (tertiary alicyclic amines) is 2. The third-order valence-electron chi connectivity index (χ3n) is 5.56. The van der Waals surface area contributed by atoms with Gasteiger partial charge in [-0.15, -0.1) is 0 Å². The van der Waals surface area contributed by atoms with Crippen LogP contribution >= 0.6 is 0 Å². The van der Waals surface area contributed by atoms with Gasteiger partial charge in [0.15, 0.2) is 0 Å². The highest BCUT2D eigenvalue weighted by Gasteiger charge is 2.35. The number of aliphatic hydroxyl groups excluding tert-OH is 1. The summed E-state index contributed by atoms with van der Waals surface area (Å²) < 4.78 is 0. The van der Waals surface area contributed by atoms with Gasteiger partial charge in [0.2, 0.25) is 11.8 Å². The SMILES string of the molecule is CC(C)=CC[C@@]1(CO)CCCN(C(=O)CCN2CCCCCC2=O)C1. The molecule has 0 aromatic carbocycles. The lowest BCUT2D eigenvalue weighted by atomic mass is 9.77. The van der Waals surface area contributed by atoms with E-state index in [0.717, 1.165) is 51.6 Å². The maximum atomic E-state index is 12.7. The number of allylic oxidation sites excluding steroid dienone is 2. The number of carbonyl (C=O) groups excluding carboxylic acids is 2. The van der Waals surface area contributed by atoms with Gasteiger partial charge in [0.1, 0.15) is 0 Å². The van der Waals surface area contributed by atoms with Crippen molar-refractivity contribution in [3.05, 3.63) is 11.6 Å². The Kier molecular flexibility index (Phi) is 7.48. The van der Waals surface area contributed by atoms with Crippen LogP contribution in [0.1, 0.15) is 65.2 Å². The van der Waals surface area contributed by atoms with Gasteiger partial charge in [-0.3, -0.25) is 9.59 Å². The van der Waals surface area contributed by atoms with Crippen LogP contribution in [0.4, 0.5) is 0 Å². The van der Waals surface area contributed by atoms with Crippen molar-refractivity contribution in [1.82, 2.24) is 9.80 Å². The van der Waals surface area contributed by atoms with E-state index < -0.39 is 0 Å². The summed E-state index contributed by atoms with van der Waals surface area (Å²) >= 11 is 0. The molecule has 0 radical (unpaired) electrons. The molecule has 2 rings (SSSR count). The van der Waals surface area contributed by atoms with Gasteiger partial charge in [-0.1, -0.05) is 18.1 Å². The van der Waals surface area contributed by atoms with Crippen molar-refractivity contribution in [3.8, 4) is 0 Å². The van der Waals surface area contributed by atoms with Gasteiger partial charge in [0, 0.05) is 44.4 Å². The highest BCUT2D eigenvalue weighted by atomic mass is 16.3. The molecule has 2 aliphatic heterocycles. The quantitative estimate of drug-likeness (QED) is 0.749. The number of amides is 2. The lowest BCUT2D eigenvalue weighted by molar-refractivity contribution is -0.137. The third kappa shape index (κ3) is 5.84. The molecule has 0 aromatic heterocycles. The van der Waals surface area contributed by atoms with Gasteiger partial charge in [-0.2, -0.15) is 0 Å². The fraction of sp³-hybridized carbons (Fsp3) is 0.800. The van der Waals surface area contributed by atoms with Crippen LogP contribution in [0.15, 0.2) is 11.6 Å². The van der Waals surface area contributed by atoms with Gasteiger partial charge in [0.25, 0.3) is 0 Å². The Morgan fingerprint density at radius 1 is 1.20 bits per heavy atom. The Bertz CT molecular complexity index is 499. The molecular formula is C20H34N2O3. The van der Waals surface area contributed by atoms with Crippen molar-refractivity contribution in [2.75, 3.05) is 32.8 Å². The molecule has 2 heterocycles. The fourth-order valence-electron chi connectivity index (χ4n) is 3.87. The Balaban J connectivity index is 1.89. The summed E-state index contributed by atoms with van der Waals surface area (Å²) in [6.07, 6.45) is 9.02. The first kappa shape index (κ1) is 20.0. The first-order chi connectivity index (χ1) is 12.0. The van der Waals surface area contributed by atoms with Crippen molar-refractivity contribution in [1.29, 1.82) is 0 Å². The van der Waals surface area contributed by atoms with Crippen LogP contribution in [0.3, 0.4) is 0 Å². The van der Waals surface area contributed by atoms with E-state index in [1.807, 2.05) is 9.80 Å². The number of hydrogen-bond donors (Lipinski definition) is 1. The summed E-state index contributed by atoms with van der Waals surface area (Å²) in [5.41, 5.74) is 1.04. The molecule has 142 valence electrons. The van der Waals surface area contributed by atoms with Crippen LogP contribution in [-0.2, 0) is 9.59 Å². The van der Waals surface area contributed by atoms with Crippen LogP contribution in [0.5, 0.6) is 0 Å². The Hall–Kier alpha value is -1.36. The number of carbonyl (C=O) groups is 2. The molecule has 2 saturated heterocycles.